The van der Waals surface area contributed by atoms with E-state index in [-0.39, 0.29) is 19.6 Å². The summed E-state index contributed by atoms with van der Waals surface area (Å²) >= 11 is 0. The van der Waals surface area contributed by atoms with Gasteiger partial charge in [-0.05, 0) is 24.1 Å². The van der Waals surface area contributed by atoms with Crippen molar-refractivity contribution >= 4 is 15.9 Å². The second-order valence-corrected chi connectivity index (χ2v) is 7.87. The number of ether oxygens (including phenoxy) is 2. The minimum absolute atomic E-state index is 0.116. The summed E-state index contributed by atoms with van der Waals surface area (Å²) in [5, 5.41) is 2.64. The molecule has 1 atom stereocenters. The third kappa shape index (κ3) is 7.54. The van der Waals surface area contributed by atoms with Gasteiger partial charge in [-0.15, -0.1) is 0 Å². The highest BCUT2D eigenvalue weighted by Gasteiger charge is 2.27. The summed E-state index contributed by atoms with van der Waals surface area (Å²) in [6.07, 6.45) is 0.116. The van der Waals surface area contributed by atoms with Crippen LogP contribution >= 0.6 is 0 Å². The highest BCUT2D eigenvalue weighted by atomic mass is 32.2. The van der Waals surface area contributed by atoms with Crippen molar-refractivity contribution in [3.63, 3.8) is 0 Å². The van der Waals surface area contributed by atoms with E-state index in [2.05, 4.69) is 10.0 Å². The Bertz CT molecular complexity index is 877. The highest BCUT2D eigenvalue weighted by Crippen LogP contribution is 2.15. The van der Waals surface area contributed by atoms with Crippen molar-refractivity contribution in [2.75, 3.05) is 33.5 Å². The summed E-state index contributed by atoms with van der Waals surface area (Å²) in [4.78, 5) is 12.1. The molecule has 0 saturated carbocycles. The smallest absolute Gasteiger partial charge is 0.244 e. The predicted molar refractivity (Wildman–Crippen MR) is 106 cm³/mol. The quantitative estimate of drug-likeness (QED) is 0.504. The van der Waals surface area contributed by atoms with Gasteiger partial charge in [-0.3, -0.25) is 4.79 Å². The van der Waals surface area contributed by atoms with Crippen LogP contribution in [0, 0.1) is 5.82 Å². The molecule has 0 aliphatic heterocycles. The molecule has 29 heavy (non-hydrogen) atoms. The Balaban J connectivity index is 2.08. The lowest BCUT2D eigenvalue weighted by molar-refractivity contribution is -0.123. The molecule has 2 rings (SSSR count). The average molecular weight is 424 g/mol. The van der Waals surface area contributed by atoms with Crippen LogP contribution in [0.15, 0.2) is 59.5 Å². The van der Waals surface area contributed by atoms with Crippen LogP contribution in [0.4, 0.5) is 4.39 Å². The van der Waals surface area contributed by atoms with Gasteiger partial charge < -0.3 is 14.8 Å². The topological polar surface area (TPSA) is 93.7 Å². The molecule has 0 heterocycles. The number of carbonyl (C=O) groups is 1. The Morgan fingerprint density at radius 1 is 1.03 bits per heavy atom. The maximum absolute atomic E-state index is 14.0. The number of sulfonamides is 1. The summed E-state index contributed by atoms with van der Waals surface area (Å²) < 4.78 is 51.7. The molecule has 0 bridgehead atoms. The van der Waals surface area contributed by atoms with E-state index in [1.54, 1.807) is 31.4 Å². The van der Waals surface area contributed by atoms with Crippen LogP contribution in [-0.4, -0.2) is 53.8 Å². The van der Waals surface area contributed by atoms with Gasteiger partial charge in [0, 0.05) is 13.7 Å². The first-order valence-electron chi connectivity index (χ1n) is 9.09. The van der Waals surface area contributed by atoms with Crippen LogP contribution in [0.1, 0.15) is 5.56 Å². The fourth-order valence-electron chi connectivity index (χ4n) is 2.57. The van der Waals surface area contributed by atoms with Crippen molar-refractivity contribution < 1.29 is 27.1 Å². The van der Waals surface area contributed by atoms with Crippen LogP contribution < -0.4 is 10.0 Å². The number of hydrogen-bond donors (Lipinski definition) is 2. The molecule has 7 nitrogen and oxygen atoms in total. The summed E-state index contributed by atoms with van der Waals surface area (Å²) in [5.74, 6) is -1.41. The lowest BCUT2D eigenvalue weighted by Gasteiger charge is -2.19. The number of rotatable bonds is 12. The van der Waals surface area contributed by atoms with E-state index < -0.39 is 32.7 Å². The third-order valence-corrected chi connectivity index (χ3v) is 5.51. The predicted octanol–water partition coefficient (Wildman–Crippen LogP) is 1.49. The zero-order valence-electron chi connectivity index (χ0n) is 16.1. The van der Waals surface area contributed by atoms with E-state index in [0.717, 1.165) is 17.7 Å². The fourth-order valence-corrected chi connectivity index (χ4v) is 3.84. The van der Waals surface area contributed by atoms with Gasteiger partial charge in [-0.2, -0.15) is 4.72 Å². The monoisotopic (exact) mass is 424 g/mol. The molecule has 0 aliphatic rings. The van der Waals surface area contributed by atoms with Crippen LogP contribution in [-0.2, 0) is 30.7 Å². The molecule has 2 N–H and O–H groups in total. The van der Waals surface area contributed by atoms with Crippen LogP contribution in [0.3, 0.4) is 0 Å². The second kappa shape index (κ2) is 11.6. The van der Waals surface area contributed by atoms with E-state index in [4.69, 9.17) is 9.47 Å². The van der Waals surface area contributed by atoms with Gasteiger partial charge in [0.1, 0.15) is 16.8 Å². The van der Waals surface area contributed by atoms with Crippen molar-refractivity contribution in [3.8, 4) is 0 Å². The number of halogens is 1. The van der Waals surface area contributed by atoms with Gasteiger partial charge >= 0.3 is 0 Å². The largest absolute Gasteiger partial charge is 0.382 e. The Labute approximate surface area is 170 Å². The van der Waals surface area contributed by atoms with E-state index in [0.29, 0.717) is 13.2 Å². The minimum Gasteiger partial charge on any atom is -0.382 e. The number of methoxy groups -OCH3 is 1. The van der Waals surface area contributed by atoms with Crippen molar-refractivity contribution in [2.45, 2.75) is 17.4 Å². The summed E-state index contributed by atoms with van der Waals surface area (Å²) in [5.41, 5.74) is 0.764. The van der Waals surface area contributed by atoms with Crippen LogP contribution in [0.25, 0.3) is 0 Å². The van der Waals surface area contributed by atoms with Crippen molar-refractivity contribution in [2.24, 2.45) is 0 Å². The molecule has 2 aromatic carbocycles. The normalized spacial score (nSPS) is 12.5. The zero-order chi connectivity index (χ0) is 21.1. The molecule has 0 aliphatic carbocycles. The van der Waals surface area contributed by atoms with E-state index >= 15 is 0 Å². The Kier molecular flexibility index (Phi) is 9.20. The fraction of sp³-hybridized carbons (Fsp3) is 0.350. The second-order valence-electron chi connectivity index (χ2n) is 6.19. The Morgan fingerprint density at radius 3 is 2.41 bits per heavy atom. The van der Waals surface area contributed by atoms with Gasteiger partial charge in [0.25, 0.3) is 0 Å². The Morgan fingerprint density at radius 2 is 1.72 bits per heavy atom. The minimum atomic E-state index is -4.23. The first-order valence-corrected chi connectivity index (χ1v) is 10.6. The molecule has 158 valence electrons. The molecule has 0 saturated heterocycles. The maximum Gasteiger partial charge on any atom is 0.244 e. The van der Waals surface area contributed by atoms with Crippen LogP contribution in [0.2, 0.25) is 0 Å². The molecule has 0 radical (unpaired) electrons. The molecular formula is C20H25FN2O5S. The lowest BCUT2D eigenvalue weighted by atomic mass is 10.1. The number of hydrogen-bond acceptors (Lipinski definition) is 5. The van der Waals surface area contributed by atoms with Crippen molar-refractivity contribution in [3.05, 3.63) is 66.0 Å². The summed E-state index contributed by atoms with van der Waals surface area (Å²) in [6.45, 7) is 1.29. The molecule has 1 amide bonds. The first-order chi connectivity index (χ1) is 13.9. The lowest BCUT2D eigenvalue weighted by Crippen LogP contribution is -2.48. The highest BCUT2D eigenvalue weighted by molar-refractivity contribution is 7.89. The van der Waals surface area contributed by atoms with E-state index in [1.807, 2.05) is 6.07 Å². The van der Waals surface area contributed by atoms with Gasteiger partial charge in [0.15, 0.2) is 0 Å². The third-order valence-electron chi connectivity index (χ3n) is 4.00. The van der Waals surface area contributed by atoms with E-state index in [1.165, 1.54) is 12.1 Å². The van der Waals surface area contributed by atoms with Gasteiger partial charge in [0.2, 0.25) is 15.9 Å². The number of carbonyl (C=O) groups excluding carboxylic acids is 1. The number of benzene rings is 2. The Hall–Kier alpha value is -2.33. The SMILES string of the molecule is COCCOCCNC(=O)[C@H](Cc1ccccc1)NS(=O)(=O)c1ccccc1F. The maximum atomic E-state index is 14.0. The van der Waals surface area contributed by atoms with Gasteiger partial charge in [-0.1, -0.05) is 42.5 Å². The van der Waals surface area contributed by atoms with Gasteiger partial charge in [0.05, 0.1) is 19.8 Å². The molecule has 0 unspecified atom stereocenters. The molecule has 0 aromatic heterocycles. The summed E-state index contributed by atoms with van der Waals surface area (Å²) in [7, 11) is -2.67. The van der Waals surface area contributed by atoms with Crippen LogP contribution in [0.5, 0.6) is 0 Å². The zero-order valence-corrected chi connectivity index (χ0v) is 17.0. The van der Waals surface area contributed by atoms with Crippen molar-refractivity contribution in [1.82, 2.24) is 10.0 Å². The van der Waals surface area contributed by atoms with Gasteiger partial charge in [-0.25, -0.2) is 12.8 Å². The molecule has 0 fully saturated rings. The molecular weight excluding hydrogens is 399 g/mol. The average Bonchev–Trinajstić information content (AvgIpc) is 2.71. The number of amides is 1. The summed E-state index contributed by atoms with van der Waals surface area (Å²) in [6, 6.07) is 12.9. The standard InChI is InChI=1S/C20H25FN2O5S/c1-27-13-14-28-12-11-22-20(24)18(15-16-7-3-2-4-8-16)23-29(25,26)19-10-6-5-9-17(19)21/h2-10,18,23H,11-15H2,1H3,(H,22,24)/t18-/m0/s1. The number of nitrogens with one attached hydrogen (secondary N) is 2. The van der Waals surface area contributed by atoms with E-state index in [9.17, 15) is 17.6 Å². The molecule has 9 heteroatoms. The molecule has 2 aromatic rings. The van der Waals surface area contributed by atoms with Crippen molar-refractivity contribution in [1.29, 1.82) is 0 Å². The first kappa shape index (κ1) is 23.0. The molecule has 0 spiro atoms.